The normalized spacial score (nSPS) is 19.4. The second-order valence-electron chi connectivity index (χ2n) is 14.0. The lowest BCUT2D eigenvalue weighted by Gasteiger charge is -2.47. The van der Waals surface area contributed by atoms with Gasteiger partial charge in [-0.15, -0.1) is 22.7 Å². The smallest absolute Gasteiger partial charge is 0.124 e. The van der Waals surface area contributed by atoms with Gasteiger partial charge < -0.3 is 10.2 Å². The molecule has 0 aromatic carbocycles. The number of fused-ring (bicyclic) bond motifs is 3. The summed E-state index contributed by atoms with van der Waals surface area (Å²) in [6.45, 7) is 4.57. The van der Waals surface area contributed by atoms with E-state index < -0.39 is 11.2 Å². The van der Waals surface area contributed by atoms with Crippen LogP contribution < -0.4 is 0 Å². The maximum absolute atomic E-state index is 12.4. The van der Waals surface area contributed by atoms with Crippen LogP contribution in [0.3, 0.4) is 0 Å². The van der Waals surface area contributed by atoms with Gasteiger partial charge in [0.2, 0.25) is 0 Å². The second-order valence-corrected chi connectivity index (χ2v) is 15.9. The highest BCUT2D eigenvalue weighted by Crippen LogP contribution is 2.58. The fourth-order valence-corrected chi connectivity index (χ4v) is 9.68. The van der Waals surface area contributed by atoms with Crippen molar-refractivity contribution in [1.82, 2.24) is 0 Å². The van der Waals surface area contributed by atoms with Gasteiger partial charge in [-0.3, -0.25) is 0 Å². The van der Waals surface area contributed by atoms with E-state index in [9.17, 15) is 10.2 Å². The first-order valence-corrected chi connectivity index (χ1v) is 21.0. The number of hydrogen-bond acceptors (Lipinski definition) is 4. The lowest BCUT2D eigenvalue weighted by atomic mass is 9.65. The minimum atomic E-state index is -1.19. The third-order valence-corrected chi connectivity index (χ3v) is 12.4. The van der Waals surface area contributed by atoms with Gasteiger partial charge in [-0.2, -0.15) is 0 Å². The summed E-state index contributed by atoms with van der Waals surface area (Å²) in [4.78, 5) is 2.37. The van der Waals surface area contributed by atoms with E-state index in [-0.39, 0.29) is 0 Å². The van der Waals surface area contributed by atoms with Crippen LogP contribution in [0, 0.1) is 0 Å². The molecule has 0 aliphatic heterocycles. The minimum absolute atomic E-state index is 0.652. The fraction of sp³-hybridized carbons (Fsp3) is 0.800. The fourth-order valence-electron chi connectivity index (χ4n) is 7.55. The summed E-state index contributed by atoms with van der Waals surface area (Å²) in [5.41, 5.74) is -0.418. The molecule has 0 radical (unpaired) electrons. The van der Waals surface area contributed by atoms with Gasteiger partial charge in [-0.05, 0) is 35.7 Å². The van der Waals surface area contributed by atoms with Gasteiger partial charge in [0.1, 0.15) is 11.2 Å². The average Bonchev–Trinajstić information content (AvgIpc) is 3.72. The molecule has 2 unspecified atom stereocenters. The summed E-state index contributed by atoms with van der Waals surface area (Å²) in [5.74, 6) is 0. The maximum Gasteiger partial charge on any atom is 0.124 e. The van der Waals surface area contributed by atoms with E-state index in [2.05, 4.69) is 36.7 Å². The Hall–Kier alpha value is -0.680. The van der Waals surface area contributed by atoms with Crippen LogP contribution >= 0.6 is 22.7 Å². The summed E-state index contributed by atoms with van der Waals surface area (Å²) in [5, 5.41) is 29.1. The van der Waals surface area contributed by atoms with Crippen LogP contribution in [0.15, 0.2) is 22.9 Å². The third kappa shape index (κ3) is 11.5. The molecule has 252 valence electrons. The zero-order valence-corrected chi connectivity index (χ0v) is 30.5. The SMILES string of the molecule is CCCCCCCCCCCCCCCC1(O)c2ccsc2-c2sccc2C1(O)CCCCCCCCCCCCCCC. The van der Waals surface area contributed by atoms with Gasteiger partial charge in [0, 0.05) is 11.1 Å². The number of aliphatic hydroxyl groups is 2. The molecule has 0 amide bonds. The van der Waals surface area contributed by atoms with Crippen molar-refractivity contribution in [1.29, 1.82) is 0 Å². The van der Waals surface area contributed by atoms with E-state index in [1.54, 1.807) is 22.7 Å². The monoisotopic (exact) mass is 644 g/mol. The number of rotatable bonds is 28. The van der Waals surface area contributed by atoms with Crippen molar-refractivity contribution in [2.24, 2.45) is 0 Å². The van der Waals surface area contributed by atoms with Crippen LogP contribution in [0.1, 0.15) is 205 Å². The van der Waals surface area contributed by atoms with Gasteiger partial charge in [0.15, 0.2) is 0 Å². The predicted molar refractivity (Wildman–Crippen MR) is 196 cm³/mol. The van der Waals surface area contributed by atoms with E-state index in [4.69, 9.17) is 0 Å². The Labute approximate surface area is 280 Å². The van der Waals surface area contributed by atoms with Crippen LogP contribution in [-0.2, 0) is 11.2 Å². The summed E-state index contributed by atoms with van der Waals surface area (Å²) in [6, 6.07) is 4.19. The molecular weight excluding hydrogens is 577 g/mol. The standard InChI is InChI=1S/C40H68O2S2/c1-3-5-7-9-11-13-15-17-19-21-23-25-27-31-39(41)35-29-33-43-37(35)38-36(30-34-44-38)40(39,42)32-28-26-24-22-20-18-16-14-12-10-8-6-4-2/h29-30,33-34,41-42H,3-28,31-32H2,1-2H3. The molecule has 2 nitrogen and oxygen atoms in total. The molecule has 44 heavy (non-hydrogen) atoms. The highest BCUT2D eigenvalue weighted by atomic mass is 32.1. The van der Waals surface area contributed by atoms with Gasteiger partial charge in [0.05, 0.1) is 9.75 Å². The Morgan fingerprint density at radius 2 is 0.659 bits per heavy atom. The lowest BCUT2D eigenvalue weighted by molar-refractivity contribution is -0.176. The summed E-state index contributed by atoms with van der Waals surface area (Å²) >= 11 is 3.45. The van der Waals surface area contributed by atoms with Crippen LogP contribution in [0.2, 0.25) is 0 Å². The van der Waals surface area contributed by atoms with Gasteiger partial charge in [-0.25, -0.2) is 0 Å². The van der Waals surface area contributed by atoms with Gasteiger partial charge >= 0.3 is 0 Å². The Kier molecular flexibility index (Phi) is 18.9. The number of unbranched alkanes of at least 4 members (excludes halogenated alkanes) is 24. The molecule has 2 aromatic rings. The summed E-state index contributed by atoms with van der Waals surface area (Å²) < 4.78 is 0. The average molecular weight is 645 g/mol. The third-order valence-electron chi connectivity index (χ3n) is 10.4. The zero-order chi connectivity index (χ0) is 31.4. The molecule has 4 heteroatoms. The lowest BCUT2D eigenvalue weighted by Crippen LogP contribution is -2.51. The van der Waals surface area contributed by atoms with E-state index in [1.807, 2.05) is 0 Å². The highest BCUT2D eigenvalue weighted by Gasteiger charge is 2.56. The van der Waals surface area contributed by atoms with Crippen molar-refractivity contribution < 1.29 is 10.2 Å². The Balaban J connectivity index is 1.39. The molecule has 2 N–H and O–H groups in total. The number of hydrogen-bond donors (Lipinski definition) is 2. The van der Waals surface area contributed by atoms with Crippen molar-refractivity contribution in [3.05, 3.63) is 34.0 Å². The Morgan fingerprint density at radius 1 is 0.409 bits per heavy atom. The van der Waals surface area contributed by atoms with Crippen molar-refractivity contribution in [2.75, 3.05) is 0 Å². The number of thiophene rings is 2. The highest BCUT2D eigenvalue weighted by molar-refractivity contribution is 7.20. The van der Waals surface area contributed by atoms with E-state index in [0.717, 1.165) is 36.8 Å². The largest absolute Gasteiger partial charge is 0.382 e. The summed E-state index contributed by atoms with van der Waals surface area (Å²) in [6.07, 6.45) is 35.6. The Bertz CT molecular complexity index is 901. The quantitative estimate of drug-likeness (QED) is 0.0905. The minimum Gasteiger partial charge on any atom is -0.382 e. The molecular formula is C40H68O2S2. The molecule has 0 fully saturated rings. The van der Waals surface area contributed by atoms with E-state index in [1.165, 1.54) is 151 Å². The molecule has 3 rings (SSSR count). The van der Waals surface area contributed by atoms with Crippen LogP contribution in [0.25, 0.3) is 9.75 Å². The van der Waals surface area contributed by atoms with Gasteiger partial charge in [0.25, 0.3) is 0 Å². The van der Waals surface area contributed by atoms with Crippen molar-refractivity contribution in [2.45, 2.75) is 205 Å². The first-order valence-electron chi connectivity index (χ1n) is 19.2. The molecule has 0 bridgehead atoms. The molecule has 1 aliphatic rings. The Morgan fingerprint density at radius 3 is 0.932 bits per heavy atom. The van der Waals surface area contributed by atoms with Crippen LogP contribution in [0.4, 0.5) is 0 Å². The molecule has 2 heterocycles. The van der Waals surface area contributed by atoms with E-state index >= 15 is 0 Å². The van der Waals surface area contributed by atoms with Gasteiger partial charge in [-0.1, -0.05) is 181 Å². The predicted octanol–water partition coefficient (Wildman–Crippen LogP) is 13.8. The second kappa shape index (κ2) is 22.0. The molecule has 2 atom stereocenters. The maximum atomic E-state index is 12.4. The molecule has 0 saturated heterocycles. The molecule has 1 aliphatic carbocycles. The first kappa shape index (κ1) is 37.8. The zero-order valence-electron chi connectivity index (χ0n) is 28.8. The van der Waals surface area contributed by atoms with Crippen molar-refractivity contribution in [3.8, 4) is 9.75 Å². The topological polar surface area (TPSA) is 40.5 Å². The van der Waals surface area contributed by atoms with E-state index in [0.29, 0.717) is 12.8 Å². The molecule has 0 spiro atoms. The first-order chi connectivity index (χ1) is 21.6. The van der Waals surface area contributed by atoms with Crippen molar-refractivity contribution >= 4 is 22.7 Å². The molecule has 2 aromatic heterocycles. The molecule has 0 saturated carbocycles. The van der Waals surface area contributed by atoms with Crippen LogP contribution in [-0.4, -0.2) is 10.2 Å². The van der Waals surface area contributed by atoms with Crippen LogP contribution in [0.5, 0.6) is 0 Å². The summed E-state index contributed by atoms with van der Waals surface area (Å²) in [7, 11) is 0. The van der Waals surface area contributed by atoms with Crippen molar-refractivity contribution in [3.63, 3.8) is 0 Å².